The minimum absolute atomic E-state index is 0.0438. The van der Waals surface area contributed by atoms with Crippen LogP contribution in [0.2, 0.25) is 0 Å². The van der Waals surface area contributed by atoms with E-state index in [1.165, 1.54) is 12.1 Å². The normalized spacial score (nSPS) is 11.4. The van der Waals surface area contributed by atoms with Gasteiger partial charge < -0.3 is 10.1 Å². The van der Waals surface area contributed by atoms with E-state index in [1.807, 2.05) is 12.4 Å². The van der Waals surface area contributed by atoms with E-state index < -0.39 is 18.0 Å². The van der Waals surface area contributed by atoms with Crippen LogP contribution in [0.1, 0.15) is 10.4 Å². The summed E-state index contributed by atoms with van der Waals surface area (Å²) in [7, 11) is 0. The third kappa shape index (κ3) is 4.34. The standard InChI is InChI=1S/C20H13F3N4O2/c21-20(22,23)29-16-4-1-3-14(11-16)18(28)25-15-7-5-13(6-8-15)17-12-27-10-2-9-24-19(27)26-17/h1-12H,(H,25,28). The quantitative estimate of drug-likeness (QED) is 0.548. The predicted molar refractivity (Wildman–Crippen MR) is 99.5 cm³/mol. The SMILES string of the molecule is O=C(Nc1ccc(-c2cn3cccnc3n2)cc1)c1cccc(OC(F)(F)F)c1. The van der Waals surface area contributed by atoms with Crippen LogP contribution in [0.5, 0.6) is 5.75 Å². The zero-order valence-electron chi connectivity index (χ0n) is 14.7. The Bertz CT molecular complexity index is 1140. The minimum atomic E-state index is -4.82. The highest BCUT2D eigenvalue weighted by Crippen LogP contribution is 2.24. The van der Waals surface area contributed by atoms with E-state index in [4.69, 9.17) is 0 Å². The number of rotatable bonds is 4. The molecule has 9 heteroatoms. The summed E-state index contributed by atoms with van der Waals surface area (Å²) in [5, 5.41) is 2.64. The van der Waals surface area contributed by atoms with Crippen molar-refractivity contribution in [2.24, 2.45) is 0 Å². The summed E-state index contributed by atoms with van der Waals surface area (Å²) >= 11 is 0. The Hall–Kier alpha value is -3.88. The molecule has 0 atom stereocenters. The first-order valence-electron chi connectivity index (χ1n) is 8.45. The number of nitrogens with zero attached hydrogens (tertiary/aromatic N) is 3. The van der Waals surface area contributed by atoms with Crippen LogP contribution in [0.25, 0.3) is 17.0 Å². The van der Waals surface area contributed by atoms with Gasteiger partial charge >= 0.3 is 6.36 Å². The van der Waals surface area contributed by atoms with Crippen molar-refractivity contribution < 1.29 is 22.7 Å². The summed E-state index contributed by atoms with van der Waals surface area (Å²) in [6.45, 7) is 0. The predicted octanol–water partition coefficient (Wildman–Crippen LogP) is 4.55. The van der Waals surface area contributed by atoms with Gasteiger partial charge in [-0.1, -0.05) is 18.2 Å². The van der Waals surface area contributed by atoms with Crippen molar-refractivity contribution >= 4 is 17.4 Å². The van der Waals surface area contributed by atoms with Crippen molar-refractivity contribution in [3.05, 3.63) is 78.8 Å². The lowest BCUT2D eigenvalue weighted by Gasteiger charge is -2.10. The molecule has 0 spiro atoms. The molecular formula is C20H13F3N4O2. The molecule has 0 aliphatic rings. The third-order valence-corrected chi connectivity index (χ3v) is 4.00. The van der Waals surface area contributed by atoms with Crippen molar-refractivity contribution in [3.63, 3.8) is 0 Å². The summed E-state index contributed by atoms with van der Waals surface area (Å²) in [6, 6.07) is 13.6. The number of halogens is 3. The molecule has 6 nitrogen and oxygen atoms in total. The lowest BCUT2D eigenvalue weighted by Crippen LogP contribution is -2.18. The molecule has 0 fully saturated rings. The van der Waals surface area contributed by atoms with Gasteiger partial charge in [0.1, 0.15) is 5.75 Å². The highest BCUT2D eigenvalue weighted by atomic mass is 19.4. The Morgan fingerprint density at radius 1 is 1.07 bits per heavy atom. The maximum absolute atomic E-state index is 12.3. The van der Waals surface area contributed by atoms with Crippen molar-refractivity contribution in [1.82, 2.24) is 14.4 Å². The number of carbonyl (C=O) groups is 1. The molecule has 0 saturated carbocycles. The number of amides is 1. The summed E-state index contributed by atoms with van der Waals surface area (Å²) < 4.78 is 42.6. The molecule has 4 rings (SSSR count). The molecule has 1 N–H and O–H groups in total. The molecule has 1 amide bonds. The van der Waals surface area contributed by atoms with Gasteiger partial charge in [0.2, 0.25) is 5.78 Å². The van der Waals surface area contributed by atoms with E-state index in [-0.39, 0.29) is 5.56 Å². The van der Waals surface area contributed by atoms with Gasteiger partial charge in [-0.25, -0.2) is 9.97 Å². The maximum Gasteiger partial charge on any atom is 0.573 e. The Morgan fingerprint density at radius 3 is 2.59 bits per heavy atom. The number of fused-ring (bicyclic) bond motifs is 1. The van der Waals surface area contributed by atoms with E-state index in [0.717, 1.165) is 23.4 Å². The van der Waals surface area contributed by atoms with Crippen LogP contribution in [-0.4, -0.2) is 26.6 Å². The van der Waals surface area contributed by atoms with Gasteiger partial charge in [-0.05, 0) is 36.4 Å². The number of hydrogen-bond acceptors (Lipinski definition) is 4. The van der Waals surface area contributed by atoms with E-state index in [9.17, 15) is 18.0 Å². The third-order valence-electron chi connectivity index (χ3n) is 4.00. The van der Waals surface area contributed by atoms with Crippen molar-refractivity contribution in [1.29, 1.82) is 0 Å². The molecular weight excluding hydrogens is 385 g/mol. The van der Waals surface area contributed by atoms with Gasteiger partial charge in [0, 0.05) is 35.4 Å². The van der Waals surface area contributed by atoms with Gasteiger partial charge in [-0.3, -0.25) is 9.20 Å². The molecule has 0 aliphatic carbocycles. The number of nitrogens with one attached hydrogen (secondary N) is 1. The molecule has 0 aliphatic heterocycles. The largest absolute Gasteiger partial charge is 0.573 e. The minimum Gasteiger partial charge on any atom is -0.406 e. The topological polar surface area (TPSA) is 68.5 Å². The van der Waals surface area contributed by atoms with E-state index >= 15 is 0 Å². The second kappa shape index (κ2) is 7.27. The first kappa shape index (κ1) is 18.5. The first-order valence-corrected chi connectivity index (χ1v) is 8.45. The maximum atomic E-state index is 12.3. The fourth-order valence-corrected chi connectivity index (χ4v) is 2.73. The van der Waals surface area contributed by atoms with Crippen molar-refractivity contribution in [3.8, 4) is 17.0 Å². The number of imidazole rings is 1. The summed E-state index contributed by atoms with van der Waals surface area (Å²) in [4.78, 5) is 20.9. The smallest absolute Gasteiger partial charge is 0.406 e. The summed E-state index contributed by atoms with van der Waals surface area (Å²) in [5.74, 6) is -0.441. The molecule has 0 saturated heterocycles. The second-order valence-corrected chi connectivity index (χ2v) is 6.06. The van der Waals surface area contributed by atoms with Crippen LogP contribution < -0.4 is 10.1 Å². The Labute approximate surface area is 162 Å². The number of benzene rings is 2. The zero-order chi connectivity index (χ0) is 20.4. The number of alkyl halides is 3. The number of ether oxygens (including phenoxy) is 1. The zero-order valence-corrected chi connectivity index (χ0v) is 14.7. The van der Waals surface area contributed by atoms with Gasteiger partial charge in [0.15, 0.2) is 0 Å². The molecule has 146 valence electrons. The molecule has 4 aromatic rings. The molecule has 2 aromatic heterocycles. The fourth-order valence-electron chi connectivity index (χ4n) is 2.73. The molecule has 2 heterocycles. The van der Waals surface area contributed by atoms with Crippen LogP contribution >= 0.6 is 0 Å². The highest BCUT2D eigenvalue weighted by Gasteiger charge is 2.31. The Kier molecular flexibility index (Phi) is 4.63. The van der Waals surface area contributed by atoms with Gasteiger partial charge in [0.05, 0.1) is 5.69 Å². The number of carbonyl (C=O) groups excluding carboxylic acids is 1. The second-order valence-electron chi connectivity index (χ2n) is 6.06. The average Bonchev–Trinajstić information content (AvgIpc) is 3.11. The van der Waals surface area contributed by atoms with Crippen LogP contribution in [-0.2, 0) is 0 Å². The summed E-state index contributed by atoms with van der Waals surface area (Å²) in [5.41, 5.74) is 2.08. The average molecular weight is 398 g/mol. The van der Waals surface area contributed by atoms with Crippen molar-refractivity contribution in [2.45, 2.75) is 6.36 Å². The van der Waals surface area contributed by atoms with E-state index in [1.54, 1.807) is 40.9 Å². The Morgan fingerprint density at radius 2 is 1.86 bits per heavy atom. The number of aromatic nitrogens is 3. The van der Waals surface area contributed by atoms with Gasteiger partial charge in [-0.2, -0.15) is 0 Å². The molecule has 0 bridgehead atoms. The van der Waals surface area contributed by atoms with E-state index in [0.29, 0.717) is 11.5 Å². The Balaban J connectivity index is 1.48. The number of anilines is 1. The number of hydrogen-bond donors (Lipinski definition) is 1. The van der Waals surface area contributed by atoms with Crippen LogP contribution in [0.4, 0.5) is 18.9 Å². The summed E-state index contributed by atoms with van der Waals surface area (Å²) in [6.07, 6.45) is 0.504. The molecule has 0 unspecified atom stereocenters. The molecule has 29 heavy (non-hydrogen) atoms. The first-order chi connectivity index (χ1) is 13.9. The van der Waals surface area contributed by atoms with Crippen LogP contribution in [0.3, 0.4) is 0 Å². The van der Waals surface area contributed by atoms with Crippen LogP contribution in [0, 0.1) is 0 Å². The van der Waals surface area contributed by atoms with Crippen molar-refractivity contribution in [2.75, 3.05) is 5.32 Å². The van der Waals surface area contributed by atoms with Gasteiger partial charge in [0.25, 0.3) is 5.91 Å². The van der Waals surface area contributed by atoms with E-state index in [2.05, 4.69) is 20.0 Å². The lowest BCUT2D eigenvalue weighted by molar-refractivity contribution is -0.274. The van der Waals surface area contributed by atoms with Gasteiger partial charge in [-0.15, -0.1) is 13.2 Å². The highest BCUT2D eigenvalue weighted by molar-refractivity contribution is 6.04. The molecule has 0 radical (unpaired) electrons. The monoisotopic (exact) mass is 398 g/mol. The van der Waals surface area contributed by atoms with Crippen LogP contribution in [0.15, 0.2) is 73.2 Å². The fraction of sp³-hybridized carbons (Fsp3) is 0.0500. The molecule has 2 aromatic carbocycles. The lowest BCUT2D eigenvalue weighted by atomic mass is 10.1.